The first-order chi connectivity index (χ1) is 5.14. The lowest BCUT2D eigenvalue weighted by Crippen LogP contribution is -2.19. The molecule has 1 fully saturated rings. The largest absolute Gasteiger partial charge is 0.316 e. The van der Waals surface area contributed by atoms with E-state index in [-0.39, 0.29) is 5.75 Å². The van der Waals surface area contributed by atoms with Crippen LogP contribution in [0.5, 0.6) is 0 Å². The maximum atomic E-state index is 11.1. The summed E-state index contributed by atoms with van der Waals surface area (Å²) in [5.41, 5.74) is 0. The quantitative estimate of drug-likeness (QED) is 0.661. The summed E-state index contributed by atoms with van der Waals surface area (Å²) in [6.07, 6.45) is 1.01. The Hall–Kier alpha value is -0.0900. The Morgan fingerprint density at radius 3 is 2.73 bits per heavy atom. The molecule has 1 rings (SSSR count). The zero-order chi connectivity index (χ0) is 8.32. The Bertz CT molecular complexity index is 204. The molecule has 0 saturated carbocycles. The first kappa shape index (κ1) is 9.00. The van der Waals surface area contributed by atoms with Crippen molar-refractivity contribution in [2.75, 3.05) is 24.6 Å². The van der Waals surface area contributed by atoms with Crippen LogP contribution in [0, 0.1) is 5.92 Å². The predicted octanol–water partition coefficient (Wildman–Crippen LogP) is 0.0306. The fourth-order valence-electron chi connectivity index (χ4n) is 1.33. The molecule has 0 bridgehead atoms. The van der Waals surface area contributed by atoms with Crippen LogP contribution in [0.1, 0.15) is 13.3 Å². The summed E-state index contributed by atoms with van der Waals surface area (Å²) < 4.78 is 22.3. The first-order valence-corrected chi connectivity index (χ1v) is 5.87. The van der Waals surface area contributed by atoms with Crippen molar-refractivity contribution in [1.29, 1.82) is 0 Å². The zero-order valence-electron chi connectivity index (χ0n) is 6.84. The molecular weight excluding hydrogens is 162 g/mol. The molecule has 1 aliphatic rings. The van der Waals surface area contributed by atoms with Gasteiger partial charge in [-0.2, -0.15) is 0 Å². The molecule has 4 heteroatoms. The van der Waals surface area contributed by atoms with Gasteiger partial charge >= 0.3 is 0 Å². The first-order valence-electron chi connectivity index (χ1n) is 4.05. The van der Waals surface area contributed by atoms with Gasteiger partial charge in [-0.1, -0.05) is 6.92 Å². The molecule has 0 radical (unpaired) electrons. The Balaban J connectivity index is 2.41. The second-order valence-corrected chi connectivity index (χ2v) is 5.46. The van der Waals surface area contributed by atoms with E-state index in [1.165, 1.54) is 0 Å². The van der Waals surface area contributed by atoms with E-state index < -0.39 is 9.84 Å². The highest BCUT2D eigenvalue weighted by molar-refractivity contribution is 7.91. The highest BCUT2D eigenvalue weighted by Crippen LogP contribution is 2.10. The Morgan fingerprint density at radius 1 is 1.55 bits per heavy atom. The minimum absolute atomic E-state index is 0.281. The molecule has 0 aliphatic carbocycles. The second-order valence-electron chi connectivity index (χ2n) is 3.06. The van der Waals surface area contributed by atoms with Gasteiger partial charge in [0.1, 0.15) is 9.84 Å². The Morgan fingerprint density at radius 2 is 2.27 bits per heavy atom. The fraction of sp³-hybridized carbons (Fsp3) is 1.00. The molecule has 0 aromatic heterocycles. The van der Waals surface area contributed by atoms with Gasteiger partial charge in [0, 0.05) is 5.75 Å². The van der Waals surface area contributed by atoms with Gasteiger partial charge in [-0.15, -0.1) is 0 Å². The van der Waals surface area contributed by atoms with Crippen molar-refractivity contribution >= 4 is 9.84 Å². The van der Waals surface area contributed by atoms with Gasteiger partial charge in [0.2, 0.25) is 0 Å². The summed E-state index contributed by atoms with van der Waals surface area (Å²) in [7, 11) is -2.74. The zero-order valence-corrected chi connectivity index (χ0v) is 7.65. The van der Waals surface area contributed by atoms with Crippen LogP contribution in [-0.2, 0) is 9.84 Å². The van der Waals surface area contributed by atoms with Gasteiger partial charge in [0.05, 0.1) is 5.75 Å². The Kier molecular flexibility index (Phi) is 2.90. The lowest BCUT2D eigenvalue weighted by molar-refractivity contribution is 0.571. The monoisotopic (exact) mass is 177 g/mol. The van der Waals surface area contributed by atoms with Crippen molar-refractivity contribution in [2.24, 2.45) is 5.92 Å². The van der Waals surface area contributed by atoms with Crippen LogP contribution in [-0.4, -0.2) is 33.0 Å². The van der Waals surface area contributed by atoms with Crippen molar-refractivity contribution in [3.63, 3.8) is 0 Å². The van der Waals surface area contributed by atoms with E-state index in [1.807, 2.05) is 0 Å². The minimum Gasteiger partial charge on any atom is -0.316 e. The summed E-state index contributed by atoms with van der Waals surface area (Å²) in [5, 5.41) is 3.15. The van der Waals surface area contributed by atoms with E-state index in [9.17, 15) is 8.42 Å². The maximum Gasteiger partial charge on any atom is 0.150 e. The summed E-state index contributed by atoms with van der Waals surface area (Å²) in [5.74, 6) is 1.01. The molecule has 1 aliphatic heterocycles. The van der Waals surface area contributed by atoms with Crippen LogP contribution in [0.4, 0.5) is 0 Å². The van der Waals surface area contributed by atoms with E-state index in [0.717, 1.165) is 19.5 Å². The average Bonchev–Trinajstić information content (AvgIpc) is 2.39. The summed E-state index contributed by atoms with van der Waals surface area (Å²) in [6, 6.07) is 0. The van der Waals surface area contributed by atoms with Crippen LogP contribution in [0.15, 0.2) is 0 Å². The van der Waals surface area contributed by atoms with Crippen molar-refractivity contribution in [3.05, 3.63) is 0 Å². The van der Waals surface area contributed by atoms with E-state index in [0.29, 0.717) is 11.7 Å². The van der Waals surface area contributed by atoms with E-state index in [2.05, 4.69) is 5.32 Å². The minimum atomic E-state index is -2.74. The highest BCUT2D eigenvalue weighted by Gasteiger charge is 2.20. The van der Waals surface area contributed by atoms with Crippen molar-refractivity contribution in [1.82, 2.24) is 5.32 Å². The molecule has 3 nitrogen and oxygen atoms in total. The third-order valence-corrected chi connectivity index (χ3v) is 3.95. The van der Waals surface area contributed by atoms with Crippen LogP contribution in [0.25, 0.3) is 0 Å². The fourth-order valence-corrected chi connectivity index (χ4v) is 2.57. The number of hydrogen-bond donors (Lipinski definition) is 1. The van der Waals surface area contributed by atoms with Gasteiger partial charge in [0.25, 0.3) is 0 Å². The number of nitrogens with one attached hydrogen (secondary N) is 1. The number of hydrogen-bond acceptors (Lipinski definition) is 3. The van der Waals surface area contributed by atoms with Crippen LogP contribution in [0.3, 0.4) is 0 Å². The molecule has 0 spiro atoms. The topological polar surface area (TPSA) is 46.2 Å². The summed E-state index contributed by atoms with van der Waals surface area (Å²) >= 11 is 0. The number of rotatable bonds is 3. The van der Waals surface area contributed by atoms with Gasteiger partial charge < -0.3 is 5.32 Å². The van der Waals surface area contributed by atoms with Gasteiger partial charge in [-0.25, -0.2) is 8.42 Å². The van der Waals surface area contributed by atoms with Gasteiger partial charge in [-0.3, -0.25) is 0 Å². The van der Waals surface area contributed by atoms with Crippen LogP contribution in [0.2, 0.25) is 0 Å². The third-order valence-electron chi connectivity index (χ3n) is 2.09. The molecule has 1 heterocycles. The third kappa shape index (κ3) is 2.79. The normalized spacial score (nSPS) is 25.7. The molecule has 0 aromatic carbocycles. The SMILES string of the molecule is CCS(=O)(=O)C[C@H]1CCNC1. The van der Waals surface area contributed by atoms with E-state index in [4.69, 9.17) is 0 Å². The van der Waals surface area contributed by atoms with Crippen molar-refractivity contribution in [3.8, 4) is 0 Å². The smallest absolute Gasteiger partial charge is 0.150 e. The lowest BCUT2D eigenvalue weighted by atomic mass is 10.2. The standard InChI is InChI=1S/C7H15NO2S/c1-2-11(9,10)6-7-3-4-8-5-7/h7-8H,2-6H2,1H3/t7-/m0/s1. The van der Waals surface area contributed by atoms with E-state index >= 15 is 0 Å². The van der Waals surface area contributed by atoms with Gasteiger partial charge in [0.15, 0.2) is 0 Å². The molecule has 0 unspecified atom stereocenters. The molecule has 11 heavy (non-hydrogen) atoms. The maximum absolute atomic E-state index is 11.1. The summed E-state index contributed by atoms with van der Waals surface area (Å²) in [4.78, 5) is 0. The highest BCUT2D eigenvalue weighted by atomic mass is 32.2. The van der Waals surface area contributed by atoms with Gasteiger partial charge in [-0.05, 0) is 25.4 Å². The molecule has 0 aromatic rings. The van der Waals surface area contributed by atoms with Crippen LogP contribution < -0.4 is 5.32 Å². The van der Waals surface area contributed by atoms with Crippen molar-refractivity contribution < 1.29 is 8.42 Å². The molecule has 66 valence electrons. The van der Waals surface area contributed by atoms with E-state index in [1.54, 1.807) is 6.92 Å². The average molecular weight is 177 g/mol. The summed E-state index contributed by atoms with van der Waals surface area (Å²) in [6.45, 7) is 3.56. The molecule has 1 atom stereocenters. The van der Waals surface area contributed by atoms with Crippen LogP contribution >= 0.6 is 0 Å². The molecule has 1 saturated heterocycles. The second kappa shape index (κ2) is 3.54. The number of sulfone groups is 1. The predicted molar refractivity (Wildman–Crippen MR) is 45.3 cm³/mol. The molecule has 1 N–H and O–H groups in total. The Labute approximate surface area is 68.1 Å². The lowest BCUT2D eigenvalue weighted by Gasteiger charge is -2.06. The molecular formula is C7H15NO2S. The molecule has 0 amide bonds. The van der Waals surface area contributed by atoms with Crippen molar-refractivity contribution in [2.45, 2.75) is 13.3 Å².